The van der Waals surface area contributed by atoms with E-state index in [1.807, 2.05) is 13.0 Å². The second-order valence-electron chi connectivity index (χ2n) is 5.17. The molecule has 0 fully saturated rings. The molecule has 0 aromatic heterocycles. The summed E-state index contributed by atoms with van der Waals surface area (Å²) >= 11 is 3.94. The summed E-state index contributed by atoms with van der Waals surface area (Å²) in [5, 5.41) is 12.7. The summed E-state index contributed by atoms with van der Waals surface area (Å²) < 4.78 is 14.1. The van der Waals surface area contributed by atoms with Gasteiger partial charge in [0.05, 0.1) is 12.0 Å². The number of hydrogen-bond acceptors (Lipinski definition) is 3. The molecule has 1 aliphatic carbocycles. The van der Waals surface area contributed by atoms with Crippen molar-refractivity contribution in [2.45, 2.75) is 20.0 Å². The first-order chi connectivity index (χ1) is 9.93. The van der Waals surface area contributed by atoms with Crippen LogP contribution in [0.5, 0.6) is 0 Å². The number of aliphatic hydroxyl groups is 1. The third-order valence-corrected chi connectivity index (χ3v) is 3.67. The summed E-state index contributed by atoms with van der Waals surface area (Å²) in [6, 6.07) is 4.95. The van der Waals surface area contributed by atoms with Crippen molar-refractivity contribution in [3.05, 3.63) is 52.9 Å². The van der Waals surface area contributed by atoms with Crippen LogP contribution in [0.4, 0.5) is 4.39 Å². The molecule has 1 aliphatic rings. The fraction of sp³-hybridized carbons (Fsp3) is 0.312. The van der Waals surface area contributed by atoms with Crippen molar-refractivity contribution in [2.24, 2.45) is 5.92 Å². The zero-order valence-electron chi connectivity index (χ0n) is 11.9. The largest absolute Gasteiger partial charge is 0.388 e. The predicted molar refractivity (Wildman–Crippen MR) is 84.4 cm³/mol. The second-order valence-corrected chi connectivity index (χ2v) is 5.49. The lowest BCUT2D eigenvalue weighted by Crippen LogP contribution is -2.34. The van der Waals surface area contributed by atoms with E-state index in [2.05, 4.69) is 17.9 Å². The number of allylic oxidation sites excluding steroid dienone is 2. The maximum Gasteiger partial charge on any atom is 0.250 e. The lowest BCUT2D eigenvalue weighted by molar-refractivity contribution is -0.118. The number of amides is 1. The molecular weight excluding hydrogens is 289 g/mol. The maximum atomic E-state index is 14.1. The van der Waals surface area contributed by atoms with E-state index in [-0.39, 0.29) is 29.1 Å². The molecule has 0 aliphatic heterocycles. The normalized spacial score (nSPS) is 21.6. The zero-order chi connectivity index (χ0) is 15.6. The van der Waals surface area contributed by atoms with Gasteiger partial charge in [-0.3, -0.25) is 4.79 Å². The van der Waals surface area contributed by atoms with E-state index in [0.29, 0.717) is 11.1 Å². The van der Waals surface area contributed by atoms with Crippen molar-refractivity contribution in [3.8, 4) is 0 Å². The van der Waals surface area contributed by atoms with Crippen molar-refractivity contribution in [2.75, 3.05) is 5.88 Å². The smallest absolute Gasteiger partial charge is 0.250 e. The van der Waals surface area contributed by atoms with Gasteiger partial charge >= 0.3 is 0 Å². The Morgan fingerprint density at radius 3 is 2.81 bits per heavy atom. The summed E-state index contributed by atoms with van der Waals surface area (Å²) in [5.74, 6) is -0.821. The van der Waals surface area contributed by atoms with Crippen molar-refractivity contribution in [3.63, 3.8) is 0 Å². The molecule has 3 nitrogen and oxygen atoms in total. The van der Waals surface area contributed by atoms with E-state index < -0.39 is 6.10 Å². The standard InChI is InChI=1S/C16H18FNO2S/c1-9-3-4-12(14(17)5-9)11-6-10(2)15(19)13(7-11)16(20)18-8-21/h3-7,10,15,19,21H,8H2,1-2H3,(H,18,20). The van der Waals surface area contributed by atoms with Crippen LogP contribution in [0.25, 0.3) is 5.57 Å². The fourth-order valence-corrected chi connectivity index (χ4v) is 2.50. The van der Waals surface area contributed by atoms with Gasteiger partial charge in [0.15, 0.2) is 0 Å². The SMILES string of the molecule is Cc1ccc(C2=CC(C)C(O)C(C(=O)NCS)=C2)c(F)c1. The maximum absolute atomic E-state index is 14.1. The van der Waals surface area contributed by atoms with Gasteiger partial charge in [0, 0.05) is 17.1 Å². The van der Waals surface area contributed by atoms with E-state index in [1.54, 1.807) is 19.1 Å². The van der Waals surface area contributed by atoms with E-state index in [4.69, 9.17) is 0 Å². The summed E-state index contributed by atoms with van der Waals surface area (Å²) in [5.41, 5.74) is 2.09. The molecule has 112 valence electrons. The van der Waals surface area contributed by atoms with Crippen LogP contribution in [0.1, 0.15) is 18.1 Å². The van der Waals surface area contributed by atoms with Gasteiger partial charge in [-0.2, -0.15) is 12.6 Å². The van der Waals surface area contributed by atoms with Gasteiger partial charge in [0.25, 0.3) is 5.91 Å². The average Bonchev–Trinajstić information content (AvgIpc) is 2.42. The number of carbonyl (C=O) groups excluding carboxylic acids is 1. The van der Waals surface area contributed by atoms with Crippen LogP contribution in [-0.4, -0.2) is 23.0 Å². The van der Waals surface area contributed by atoms with Gasteiger partial charge in [0.1, 0.15) is 5.82 Å². The van der Waals surface area contributed by atoms with Gasteiger partial charge in [-0.05, 0) is 30.2 Å². The molecule has 2 unspecified atom stereocenters. The first kappa shape index (κ1) is 15.8. The fourth-order valence-electron chi connectivity index (χ4n) is 2.35. The number of hydrogen-bond donors (Lipinski definition) is 3. The Hall–Kier alpha value is -1.59. The average molecular weight is 307 g/mol. The number of nitrogens with one attached hydrogen (secondary N) is 1. The molecule has 2 N–H and O–H groups in total. The molecule has 21 heavy (non-hydrogen) atoms. The highest BCUT2D eigenvalue weighted by atomic mass is 32.1. The highest BCUT2D eigenvalue weighted by Crippen LogP contribution is 2.30. The first-order valence-electron chi connectivity index (χ1n) is 6.71. The van der Waals surface area contributed by atoms with Crippen LogP contribution in [0.2, 0.25) is 0 Å². The lowest BCUT2D eigenvalue weighted by atomic mass is 9.85. The Labute approximate surface area is 129 Å². The predicted octanol–water partition coefficient (Wildman–Crippen LogP) is 2.46. The second kappa shape index (κ2) is 6.45. The van der Waals surface area contributed by atoms with Crippen LogP contribution < -0.4 is 5.32 Å². The molecule has 0 heterocycles. The molecule has 0 saturated heterocycles. The minimum atomic E-state index is -0.901. The van der Waals surface area contributed by atoms with E-state index >= 15 is 0 Å². The number of thiol groups is 1. The van der Waals surface area contributed by atoms with Gasteiger partial charge in [0.2, 0.25) is 0 Å². The van der Waals surface area contributed by atoms with Crippen LogP contribution in [0.15, 0.2) is 35.9 Å². The number of rotatable bonds is 3. The Kier molecular flexibility index (Phi) is 4.85. The highest BCUT2D eigenvalue weighted by molar-refractivity contribution is 7.80. The molecule has 0 radical (unpaired) electrons. The van der Waals surface area contributed by atoms with E-state index in [9.17, 15) is 14.3 Å². The lowest BCUT2D eigenvalue weighted by Gasteiger charge is -2.24. The van der Waals surface area contributed by atoms with Crippen molar-refractivity contribution in [1.29, 1.82) is 0 Å². The summed E-state index contributed by atoms with van der Waals surface area (Å²) in [6.45, 7) is 3.60. The minimum Gasteiger partial charge on any atom is -0.388 e. The van der Waals surface area contributed by atoms with Gasteiger partial charge in [-0.1, -0.05) is 25.1 Å². The third kappa shape index (κ3) is 3.36. The number of benzene rings is 1. The van der Waals surface area contributed by atoms with Crippen LogP contribution in [0, 0.1) is 18.7 Å². The Balaban J connectivity index is 2.43. The molecule has 0 saturated carbocycles. The van der Waals surface area contributed by atoms with E-state index in [1.165, 1.54) is 12.1 Å². The number of halogens is 1. The molecular formula is C16H18FNO2S. The summed E-state index contributed by atoms with van der Waals surface area (Å²) in [7, 11) is 0. The first-order valence-corrected chi connectivity index (χ1v) is 7.34. The summed E-state index contributed by atoms with van der Waals surface area (Å²) in [6.07, 6.45) is 2.41. The number of aliphatic hydroxyl groups excluding tert-OH is 1. The van der Waals surface area contributed by atoms with E-state index in [0.717, 1.165) is 5.56 Å². The number of aryl methyl sites for hydroxylation is 1. The van der Waals surface area contributed by atoms with Crippen molar-refractivity contribution >= 4 is 24.1 Å². The molecule has 5 heteroatoms. The molecule has 2 atom stereocenters. The van der Waals surface area contributed by atoms with Gasteiger partial charge in [-0.15, -0.1) is 0 Å². The minimum absolute atomic E-state index is 0.176. The van der Waals surface area contributed by atoms with Crippen LogP contribution in [0.3, 0.4) is 0 Å². The van der Waals surface area contributed by atoms with Gasteiger partial charge in [-0.25, -0.2) is 4.39 Å². The molecule has 0 spiro atoms. The van der Waals surface area contributed by atoms with Gasteiger partial charge < -0.3 is 10.4 Å². The van der Waals surface area contributed by atoms with Crippen molar-refractivity contribution < 1.29 is 14.3 Å². The van der Waals surface area contributed by atoms with Crippen LogP contribution >= 0.6 is 12.6 Å². The molecule has 1 amide bonds. The monoisotopic (exact) mass is 307 g/mol. The Morgan fingerprint density at radius 1 is 1.48 bits per heavy atom. The quantitative estimate of drug-likeness (QED) is 0.593. The zero-order valence-corrected chi connectivity index (χ0v) is 12.8. The van der Waals surface area contributed by atoms with Crippen LogP contribution in [-0.2, 0) is 4.79 Å². The molecule has 1 aromatic rings. The Morgan fingerprint density at radius 2 is 2.19 bits per heavy atom. The molecule has 0 bridgehead atoms. The van der Waals surface area contributed by atoms with Crippen molar-refractivity contribution in [1.82, 2.24) is 5.32 Å². The Bertz CT molecular complexity index is 625. The summed E-state index contributed by atoms with van der Waals surface area (Å²) in [4.78, 5) is 12.0. The number of carbonyl (C=O) groups is 1. The molecule has 1 aromatic carbocycles. The molecule has 2 rings (SSSR count). The topological polar surface area (TPSA) is 49.3 Å². The third-order valence-electron chi connectivity index (χ3n) is 3.51. The highest BCUT2D eigenvalue weighted by Gasteiger charge is 2.27.